The fourth-order valence-corrected chi connectivity index (χ4v) is 4.53. The van der Waals surface area contributed by atoms with Crippen molar-refractivity contribution in [1.29, 1.82) is 0 Å². The lowest BCUT2D eigenvalue weighted by molar-refractivity contribution is -0.140. The second-order valence-electron chi connectivity index (χ2n) is 7.62. The van der Waals surface area contributed by atoms with E-state index in [1.807, 2.05) is 6.07 Å². The standard InChI is InChI=1S/C20H28N2O2/c23-19(20(8-4-9-20)18-5-2-1-3-6-18)22-10-7-17(16-22)15-21-11-13-24-14-12-21/h1-3,5-6,17H,4,7-16H2. The van der Waals surface area contributed by atoms with Gasteiger partial charge in [-0.15, -0.1) is 0 Å². The highest BCUT2D eigenvalue weighted by molar-refractivity contribution is 5.89. The smallest absolute Gasteiger partial charge is 0.233 e. The lowest BCUT2D eigenvalue weighted by atomic mass is 9.63. The van der Waals surface area contributed by atoms with Crippen molar-refractivity contribution in [2.24, 2.45) is 5.92 Å². The fourth-order valence-electron chi connectivity index (χ4n) is 4.53. The molecule has 3 fully saturated rings. The molecular weight excluding hydrogens is 300 g/mol. The first-order valence-electron chi connectivity index (χ1n) is 9.43. The van der Waals surface area contributed by atoms with Crippen LogP contribution in [-0.2, 0) is 14.9 Å². The highest BCUT2D eigenvalue weighted by Gasteiger charge is 2.48. The van der Waals surface area contributed by atoms with Crippen LogP contribution in [0, 0.1) is 5.92 Å². The fraction of sp³-hybridized carbons (Fsp3) is 0.650. The van der Waals surface area contributed by atoms with E-state index in [1.165, 1.54) is 12.0 Å². The number of benzene rings is 1. The maximum absolute atomic E-state index is 13.3. The van der Waals surface area contributed by atoms with Gasteiger partial charge in [0.15, 0.2) is 0 Å². The molecule has 1 aliphatic carbocycles. The van der Waals surface area contributed by atoms with Gasteiger partial charge in [-0.2, -0.15) is 0 Å². The van der Waals surface area contributed by atoms with E-state index in [1.54, 1.807) is 0 Å². The highest BCUT2D eigenvalue weighted by atomic mass is 16.5. The second kappa shape index (κ2) is 6.85. The maximum Gasteiger partial charge on any atom is 0.233 e. The van der Waals surface area contributed by atoms with Crippen LogP contribution in [0.5, 0.6) is 0 Å². The number of amides is 1. The van der Waals surface area contributed by atoms with Gasteiger partial charge in [0.1, 0.15) is 0 Å². The minimum atomic E-state index is -0.227. The van der Waals surface area contributed by atoms with Crippen molar-refractivity contribution in [1.82, 2.24) is 9.80 Å². The number of likely N-dealkylation sites (tertiary alicyclic amines) is 1. The van der Waals surface area contributed by atoms with Crippen molar-refractivity contribution in [3.05, 3.63) is 35.9 Å². The molecule has 4 heteroatoms. The summed E-state index contributed by atoms with van der Waals surface area (Å²) in [7, 11) is 0. The summed E-state index contributed by atoms with van der Waals surface area (Å²) in [5.41, 5.74) is 0.993. The first kappa shape index (κ1) is 16.1. The number of morpholine rings is 1. The van der Waals surface area contributed by atoms with E-state index >= 15 is 0 Å². The number of nitrogens with zero attached hydrogens (tertiary/aromatic N) is 2. The molecule has 130 valence electrons. The molecule has 0 spiro atoms. The second-order valence-corrected chi connectivity index (χ2v) is 7.62. The van der Waals surface area contributed by atoms with Crippen LogP contribution in [0.15, 0.2) is 30.3 Å². The van der Waals surface area contributed by atoms with Crippen LogP contribution in [0.1, 0.15) is 31.2 Å². The average molecular weight is 328 g/mol. The van der Waals surface area contributed by atoms with Gasteiger partial charge in [-0.05, 0) is 30.7 Å². The van der Waals surface area contributed by atoms with Crippen LogP contribution in [0.2, 0.25) is 0 Å². The Hall–Kier alpha value is -1.39. The van der Waals surface area contributed by atoms with Gasteiger partial charge in [0.05, 0.1) is 18.6 Å². The van der Waals surface area contributed by atoms with Crippen LogP contribution in [0.3, 0.4) is 0 Å². The predicted octanol–water partition coefficient (Wildman–Crippen LogP) is 2.29. The van der Waals surface area contributed by atoms with Crippen molar-refractivity contribution in [3.8, 4) is 0 Å². The maximum atomic E-state index is 13.3. The van der Waals surface area contributed by atoms with Gasteiger partial charge >= 0.3 is 0 Å². The van der Waals surface area contributed by atoms with Crippen LogP contribution < -0.4 is 0 Å². The van der Waals surface area contributed by atoms with Crippen molar-refractivity contribution in [2.75, 3.05) is 45.9 Å². The van der Waals surface area contributed by atoms with E-state index in [2.05, 4.69) is 34.1 Å². The van der Waals surface area contributed by atoms with Gasteiger partial charge in [0.25, 0.3) is 0 Å². The van der Waals surface area contributed by atoms with E-state index in [0.29, 0.717) is 11.8 Å². The molecular formula is C20H28N2O2. The summed E-state index contributed by atoms with van der Waals surface area (Å²) in [4.78, 5) is 17.9. The van der Waals surface area contributed by atoms with Gasteiger partial charge in [0, 0.05) is 32.7 Å². The molecule has 0 aromatic heterocycles. The topological polar surface area (TPSA) is 32.8 Å². The molecule has 4 nitrogen and oxygen atoms in total. The van der Waals surface area contributed by atoms with E-state index in [4.69, 9.17) is 4.74 Å². The van der Waals surface area contributed by atoms with Gasteiger partial charge in [-0.3, -0.25) is 9.69 Å². The molecule has 1 atom stereocenters. The molecule has 0 bridgehead atoms. The summed E-state index contributed by atoms with van der Waals surface area (Å²) in [6, 6.07) is 10.4. The minimum Gasteiger partial charge on any atom is -0.379 e. The van der Waals surface area contributed by atoms with Crippen LogP contribution >= 0.6 is 0 Å². The Morgan fingerprint density at radius 1 is 1.12 bits per heavy atom. The quantitative estimate of drug-likeness (QED) is 0.850. The van der Waals surface area contributed by atoms with Crippen LogP contribution in [0.25, 0.3) is 0 Å². The van der Waals surface area contributed by atoms with E-state index in [-0.39, 0.29) is 5.41 Å². The van der Waals surface area contributed by atoms with Gasteiger partial charge in [0.2, 0.25) is 5.91 Å². The number of ether oxygens (including phenoxy) is 1. The van der Waals surface area contributed by atoms with Crippen molar-refractivity contribution in [3.63, 3.8) is 0 Å². The Bertz CT molecular complexity index is 564. The molecule has 1 amide bonds. The number of carbonyl (C=O) groups is 1. The molecule has 1 aromatic rings. The monoisotopic (exact) mass is 328 g/mol. The third-order valence-electron chi connectivity index (χ3n) is 6.14. The van der Waals surface area contributed by atoms with Crippen LogP contribution in [-0.4, -0.2) is 61.6 Å². The third-order valence-corrected chi connectivity index (χ3v) is 6.14. The summed E-state index contributed by atoms with van der Waals surface area (Å²) in [6.45, 7) is 6.77. The Kier molecular flexibility index (Phi) is 4.59. The molecule has 3 aliphatic rings. The lowest BCUT2D eigenvalue weighted by Crippen LogP contribution is -2.50. The molecule has 2 heterocycles. The summed E-state index contributed by atoms with van der Waals surface area (Å²) < 4.78 is 5.43. The average Bonchev–Trinajstić information content (AvgIpc) is 3.04. The molecule has 2 aliphatic heterocycles. The zero-order chi connectivity index (χ0) is 16.4. The molecule has 2 saturated heterocycles. The molecule has 0 N–H and O–H groups in total. The number of rotatable bonds is 4. The van der Waals surface area contributed by atoms with E-state index in [0.717, 1.165) is 65.2 Å². The molecule has 24 heavy (non-hydrogen) atoms. The van der Waals surface area contributed by atoms with E-state index in [9.17, 15) is 4.79 Å². The molecule has 1 saturated carbocycles. The first-order valence-corrected chi connectivity index (χ1v) is 9.43. The number of carbonyl (C=O) groups excluding carboxylic acids is 1. The molecule has 1 unspecified atom stereocenters. The zero-order valence-corrected chi connectivity index (χ0v) is 14.5. The summed E-state index contributed by atoms with van der Waals surface area (Å²) in [6.07, 6.45) is 4.35. The summed E-state index contributed by atoms with van der Waals surface area (Å²) >= 11 is 0. The van der Waals surface area contributed by atoms with Crippen molar-refractivity contribution < 1.29 is 9.53 Å². The molecule has 0 radical (unpaired) electrons. The summed E-state index contributed by atoms with van der Waals surface area (Å²) in [5.74, 6) is 1.00. The van der Waals surface area contributed by atoms with Gasteiger partial charge < -0.3 is 9.64 Å². The normalized spacial score (nSPS) is 27.0. The highest BCUT2D eigenvalue weighted by Crippen LogP contribution is 2.45. The first-order chi connectivity index (χ1) is 11.8. The minimum absolute atomic E-state index is 0.227. The van der Waals surface area contributed by atoms with E-state index < -0.39 is 0 Å². The van der Waals surface area contributed by atoms with Gasteiger partial charge in [-0.1, -0.05) is 36.8 Å². The largest absolute Gasteiger partial charge is 0.379 e. The Morgan fingerprint density at radius 2 is 1.88 bits per heavy atom. The SMILES string of the molecule is O=C(N1CCC(CN2CCOCC2)C1)C1(c2ccccc2)CCC1. The zero-order valence-electron chi connectivity index (χ0n) is 14.5. The van der Waals surface area contributed by atoms with Crippen molar-refractivity contribution >= 4 is 5.91 Å². The van der Waals surface area contributed by atoms with Crippen LogP contribution in [0.4, 0.5) is 0 Å². The Balaban J connectivity index is 1.40. The lowest BCUT2D eigenvalue weighted by Gasteiger charge is -2.43. The van der Waals surface area contributed by atoms with Crippen molar-refractivity contribution in [2.45, 2.75) is 31.1 Å². The Morgan fingerprint density at radius 3 is 2.54 bits per heavy atom. The molecule has 4 rings (SSSR count). The molecule has 1 aromatic carbocycles. The Labute approximate surface area is 144 Å². The number of hydrogen-bond acceptors (Lipinski definition) is 3. The third kappa shape index (κ3) is 2.98. The number of hydrogen-bond donors (Lipinski definition) is 0. The summed E-state index contributed by atoms with van der Waals surface area (Å²) in [5, 5.41) is 0. The van der Waals surface area contributed by atoms with Gasteiger partial charge in [-0.25, -0.2) is 0 Å². The predicted molar refractivity (Wildman–Crippen MR) is 93.9 cm³/mol.